The van der Waals surface area contributed by atoms with Crippen LogP contribution in [-0.2, 0) is 0 Å². The van der Waals surface area contributed by atoms with Crippen LogP contribution in [0.5, 0.6) is 5.75 Å². The second kappa shape index (κ2) is 4.90. The highest BCUT2D eigenvalue weighted by molar-refractivity contribution is 9.10. The molecular formula is C14H11BrFNO2. The zero-order valence-electron chi connectivity index (χ0n) is 9.88. The third-order valence-electron chi connectivity index (χ3n) is 3.12. The highest BCUT2D eigenvalue weighted by atomic mass is 79.9. The predicted octanol–water partition coefficient (Wildman–Crippen LogP) is 3.54. The summed E-state index contributed by atoms with van der Waals surface area (Å²) in [7, 11) is 0. The molecular weight excluding hydrogens is 313 g/mol. The first kappa shape index (κ1) is 12.6. The summed E-state index contributed by atoms with van der Waals surface area (Å²) in [5, 5.41) is 10.1. The summed E-state index contributed by atoms with van der Waals surface area (Å²) >= 11 is 3.31. The molecule has 2 aromatic rings. The van der Waals surface area contributed by atoms with Gasteiger partial charge in [0.1, 0.15) is 17.7 Å². The van der Waals surface area contributed by atoms with Gasteiger partial charge >= 0.3 is 0 Å². The third-order valence-corrected chi connectivity index (χ3v) is 3.59. The Balaban J connectivity index is 1.93. The van der Waals surface area contributed by atoms with E-state index in [0.29, 0.717) is 17.7 Å². The van der Waals surface area contributed by atoms with Crippen molar-refractivity contribution in [2.75, 3.05) is 0 Å². The van der Waals surface area contributed by atoms with Gasteiger partial charge in [-0.15, -0.1) is 0 Å². The average molecular weight is 324 g/mol. The number of pyridine rings is 1. The van der Waals surface area contributed by atoms with E-state index in [0.717, 1.165) is 10.2 Å². The molecule has 2 unspecified atom stereocenters. The SMILES string of the molecule is OC1CC(c2ccc(Br)cn2)Oc2cc(F)ccc21. The number of ether oxygens (including phenoxy) is 1. The molecule has 0 spiro atoms. The van der Waals surface area contributed by atoms with E-state index < -0.39 is 6.10 Å². The Morgan fingerprint density at radius 2 is 2.16 bits per heavy atom. The minimum absolute atomic E-state index is 0.364. The summed E-state index contributed by atoms with van der Waals surface area (Å²) in [4.78, 5) is 4.26. The first-order chi connectivity index (χ1) is 9.13. The minimum Gasteiger partial charge on any atom is -0.484 e. The van der Waals surface area contributed by atoms with Gasteiger partial charge in [-0.3, -0.25) is 4.98 Å². The molecule has 98 valence electrons. The molecule has 1 aromatic heterocycles. The fraction of sp³-hybridized carbons (Fsp3) is 0.214. The Bertz CT molecular complexity index is 603. The van der Waals surface area contributed by atoms with Gasteiger partial charge in [-0.25, -0.2) is 4.39 Å². The summed E-state index contributed by atoms with van der Waals surface area (Å²) in [5.74, 6) is 0.00355. The topological polar surface area (TPSA) is 42.4 Å². The van der Waals surface area contributed by atoms with Crippen LogP contribution < -0.4 is 4.74 Å². The van der Waals surface area contributed by atoms with Crippen LogP contribution in [0.2, 0.25) is 0 Å². The van der Waals surface area contributed by atoms with Gasteiger partial charge in [0.25, 0.3) is 0 Å². The maximum atomic E-state index is 13.2. The van der Waals surface area contributed by atoms with E-state index in [2.05, 4.69) is 20.9 Å². The number of hydrogen-bond acceptors (Lipinski definition) is 3. The average Bonchev–Trinajstić information content (AvgIpc) is 2.38. The van der Waals surface area contributed by atoms with Gasteiger partial charge in [-0.05, 0) is 40.2 Å². The van der Waals surface area contributed by atoms with E-state index in [4.69, 9.17) is 4.74 Å². The van der Waals surface area contributed by atoms with Crippen LogP contribution in [0, 0.1) is 5.82 Å². The van der Waals surface area contributed by atoms with E-state index in [1.807, 2.05) is 12.1 Å². The summed E-state index contributed by atoms with van der Waals surface area (Å²) in [6.07, 6.45) is 1.05. The van der Waals surface area contributed by atoms with Crippen molar-refractivity contribution in [1.29, 1.82) is 0 Å². The molecule has 0 saturated heterocycles. The molecule has 2 atom stereocenters. The molecule has 3 nitrogen and oxygen atoms in total. The second-order valence-electron chi connectivity index (χ2n) is 4.44. The van der Waals surface area contributed by atoms with E-state index in [1.54, 1.807) is 12.3 Å². The lowest BCUT2D eigenvalue weighted by molar-refractivity contribution is 0.0633. The Morgan fingerprint density at radius 1 is 1.32 bits per heavy atom. The minimum atomic E-state index is -0.667. The molecule has 1 aliphatic rings. The fourth-order valence-corrected chi connectivity index (χ4v) is 2.41. The molecule has 19 heavy (non-hydrogen) atoms. The van der Waals surface area contributed by atoms with Gasteiger partial charge in [-0.1, -0.05) is 0 Å². The molecule has 0 radical (unpaired) electrons. The zero-order chi connectivity index (χ0) is 13.4. The predicted molar refractivity (Wildman–Crippen MR) is 71.3 cm³/mol. The summed E-state index contributed by atoms with van der Waals surface area (Å²) in [5.41, 5.74) is 1.34. The molecule has 0 aliphatic carbocycles. The highest BCUT2D eigenvalue weighted by Crippen LogP contribution is 2.40. The van der Waals surface area contributed by atoms with E-state index >= 15 is 0 Å². The zero-order valence-corrected chi connectivity index (χ0v) is 11.5. The van der Waals surface area contributed by atoms with Crippen LogP contribution in [-0.4, -0.2) is 10.1 Å². The van der Waals surface area contributed by atoms with E-state index in [1.165, 1.54) is 12.1 Å². The molecule has 0 fully saturated rings. The Hall–Kier alpha value is -1.46. The van der Waals surface area contributed by atoms with Crippen molar-refractivity contribution in [2.45, 2.75) is 18.6 Å². The fourth-order valence-electron chi connectivity index (χ4n) is 2.18. The number of aliphatic hydroxyl groups excluding tert-OH is 1. The molecule has 1 aromatic carbocycles. The summed E-state index contributed by atoms with van der Waals surface area (Å²) in [6.45, 7) is 0. The van der Waals surface area contributed by atoms with Crippen molar-refractivity contribution in [2.24, 2.45) is 0 Å². The van der Waals surface area contributed by atoms with Crippen molar-refractivity contribution in [3.05, 3.63) is 58.1 Å². The number of aromatic nitrogens is 1. The smallest absolute Gasteiger partial charge is 0.143 e. The lowest BCUT2D eigenvalue weighted by atomic mass is 9.97. The monoisotopic (exact) mass is 323 g/mol. The molecule has 1 aliphatic heterocycles. The lowest BCUT2D eigenvalue weighted by Crippen LogP contribution is -2.20. The summed E-state index contributed by atoms with van der Waals surface area (Å²) < 4.78 is 19.8. The van der Waals surface area contributed by atoms with Gasteiger partial charge in [0.05, 0.1) is 11.8 Å². The maximum absolute atomic E-state index is 13.2. The Morgan fingerprint density at radius 3 is 2.89 bits per heavy atom. The van der Waals surface area contributed by atoms with Crippen LogP contribution in [0.25, 0.3) is 0 Å². The van der Waals surface area contributed by atoms with Crippen molar-refractivity contribution < 1.29 is 14.2 Å². The van der Waals surface area contributed by atoms with Gasteiger partial charge in [0.15, 0.2) is 0 Å². The molecule has 0 amide bonds. The molecule has 5 heteroatoms. The third kappa shape index (κ3) is 2.48. The van der Waals surface area contributed by atoms with Crippen LogP contribution in [0.1, 0.15) is 29.9 Å². The number of nitrogens with zero attached hydrogens (tertiary/aromatic N) is 1. The van der Waals surface area contributed by atoms with Crippen LogP contribution in [0.3, 0.4) is 0 Å². The van der Waals surface area contributed by atoms with E-state index in [-0.39, 0.29) is 11.9 Å². The van der Waals surface area contributed by atoms with Crippen molar-refractivity contribution in [3.8, 4) is 5.75 Å². The molecule has 3 rings (SSSR count). The maximum Gasteiger partial charge on any atom is 0.143 e. The number of hydrogen-bond donors (Lipinski definition) is 1. The number of benzene rings is 1. The number of halogens is 2. The highest BCUT2D eigenvalue weighted by Gasteiger charge is 2.29. The first-order valence-electron chi connectivity index (χ1n) is 5.89. The van der Waals surface area contributed by atoms with Gasteiger partial charge in [-0.2, -0.15) is 0 Å². The van der Waals surface area contributed by atoms with Crippen LogP contribution >= 0.6 is 15.9 Å². The van der Waals surface area contributed by atoms with Gasteiger partial charge in [0.2, 0.25) is 0 Å². The normalized spacial score (nSPS) is 21.6. The molecule has 2 heterocycles. The Labute approximate surface area is 118 Å². The lowest BCUT2D eigenvalue weighted by Gasteiger charge is -2.29. The molecule has 0 bridgehead atoms. The van der Waals surface area contributed by atoms with Crippen molar-refractivity contribution in [1.82, 2.24) is 4.98 Å². The van der Waals surface area contributed by atoms with Crippen LogP contribution in [0.15, 0.2) is 41.0 Å². The standard InChI is InChI=1S/C14H11BrFNO2/c15-8-1-4-11(17-7-8)14-6-12(18)10-3-2-9(16)5-13(10)19-14/h1-5,7,12,14,18H,6H2. The van der Waals surface area contributed by atoms with Crippen LogP contribution in [0.4, 0.5) is 4.39 Å². The number of aliphatic hydroxyl groups is 1. The number of fused-ring (bicyclic) bond motifs is 1. The second-order valence-corrected chi connectivity index (χ2v) is 5.36. The van der Waals surface area contributed by atoms with Crippen molar-refractivity contribution >= 4 is 15.9 Å². The van der Waals surface area contributed by atoms with E-state index in [9.17, 15) is 9.50 Å². The van der Waals surface area contributed by atoms with Gasteiger partial charge < -0.3 is 9.84 Å². The number of rotatable bonds is 1. The first-order valence-corrected chi connectivity index (χ1v) is 6.68. The quantitative estimate of drug-likeness (QED) is 0.872. The summed E-state index contributed by atoms with van der Waals surface area (Å²) in [6, 6.07) is 7.86. The van der Waals surface area contributed by atoms with Crippen molar-refractivity contribution in [3.63, 3.8) is 0 Å². The largest absolute Gasteiger partial charge is 0.484 e. The molecule has 1 N–H and O–H groups in total. The Kier molecular flexibility index (Phi) is 3.24. The molecule has 0 saturated carbocycles. The van der Waals surface area contributed by atoms with Gasteiger partial charge in [0, 0.05) is 28.7 Å².